The molecular formula is C9H9NO4. The second-order valence-electron chi connectivity index (χ2n) is 2.87. The number of hydrogen-bond acceptors (Lipinski definition) is 4. The minimum Gasteiger partial charge on any atom is -0.480 e. The summed E-state index contributed by atoms with van der Waals surface area (Å²) >= 11 is 0. The summed E-state index contributed by atoms with van der Waals surface area (Å²) < 4.78 is 0. The maximum Gasteiger partial charge on any atom is 0.325 e. The number of carbonyl (C=O) groups is 3. The van der Waals surface area contributed by atoms with Gasteiger partial charge in [-0.3, -0.25) is 14.4 Å². The fraction of sp³-hybridized carbons (Fsp3) is 0.222. The fourth-order valence-corrected chi connectivity index (χ4v) is 0.910. The number of rotatable bonds is 3. The molecule has 0 saturated heterocycles. The highest BCUT2D eigenvalue weighted by Crippen LogP contribution is 2.02. The number of carboxylic acid groups (broad SMARTS) is 1. The number of ketones is 2. The van der Waals surface area contributed by atoms with E-state index in [-0.39, 0.29) is 0 Å². The minimum absolute atomic E-state index is 0.338. The Kier molecular flexibility index (Phi) is 2.81. The topological polar surface area (TPSA) is 83.5 Å². The van der Waals surface area contributed by atoms with Crippen LogP contribution in [0.5, 0.6) is 0 Å². The molecule has 1 aliphatic rings. The molecule has 0 saturated carbocycles. The molecule has 0 fully saturated rings. The van der Waals surface area contributed by atoms with Crippen molar-refractivity contribution in [3.8, 4) is 0 Å². The summed E-state index contributed by atoms with van der Waals surface area (Å²) in [7, 11) is 0. The van der Waals surface area contributed by atoms with Gasteiger partial charge >= 0.3 is 5.97 Å². The molecule has 0 radical (unpaired) electrons. The summed E-state index contributed by atoms with van der Waals surface area (Å²) in [5.74, 6) is -2.27. The van der Waals surface area contributed by atoms with E-state index < -0.39 is 23.6 Å². The predicted molar refractivity (Wildman–Crippen MR) is 47.5 cm³/mol. The van der Waals surface area contributed by atoms with E-state index in [9.17, 15) is 14.4 Å². The Hall–Kier alpha value is -1.91. The largest absolute Gasteiger partial charge is 0.480 e. The lowest BCUT2D eigenvalue weighted by atomic mass is 10.1. The van der Waals surface area contributed by atoms with Gasteiger partial charge in [0.05, 0.1) is 0 Å². The van der Waals surface area contributed by atoms with Gasteiger partial charge < -0.3 is 10.4 Å². The lowest BCUT2D eigenvalue weighted by Gasteiger charge is -2.12. The summed E-state index contributed by atoms with van der Waals surface area (Å²) in [6.45, 7) is 1.44. The average Bonchev–Trinajstić information content (AvgIpc) is 2.11. The highest BCUT2D eigenvalue weighted by molar-refractivity contribution is 6.46. The molecule has 0 bridgehead atoms. The number of allylic oxidation sites excluding steroid dienone is 3. The zero-order chi connectivity index (χ0) is 10.7. The second kappa shape index (κ2) is 3.87. The van der Waals surface area contributed by atoms with Gasteiger partial charge in [0.25, 0.3) is 0 Å². The molecule has 5 nitrogen and oxygen atoms in total. The zero-order valence-corrected chi connectivity index (χ0v) is 7.48. The molecule has 0 aliphatic heterocycles. The first kappa shape index (κ1) is 10.2. The molecule has 1 aliphatic carbocycles. The first-order valence-electron chi connectivity index (χ1n) is 3.98. The van der Waals surface area contributed by atoms with Gasteiger partial charge in [-0.1, -0.05) is 0 Å². The summed E-state index contributed by atoms with van der Waals surface area (Å²) in [6, 6.07) is -0.799. The van der Waals surface area contributed by atoms with Crippen molar-refractivity contribution < 1.29 is 19.5 Å². The average molecular weight is 195 g/mol. The van der Waals surface area contributed by atoms with Crippen molar-refractivity contribution in [2.45, 2.75) is 13.0 Å². The van der Waals surface area contributed by atoms with Crippen LogP contribution < -0.4 is 5.32 Å². The van der Waals surface area contributed by atoms with E-state index >= 15 is 0 Å². The highest BCUT2D eigenvalue weighted by Gasteiger charge is 2.16. The van der Waals surface area contributed by atoms with Gasteiger partial charge in [-0.25, -0.2) is 0 Å². The van der Waals surface area contributed by atoms with Crippen LogP contribution >= 0.6 is 0 Å². The number of carboxylic acids is 1. The van der Waals surface area contributed by atoms with Crippen LogP contribution in [-0.4, -0.2) is 28.7 Å². The third kappa shape index (κ3) is 2.29. The van der Waals surface area contributed by atoms with Crippen LogP contribution in [0.2, 0.25) is 0 Å². The summed E-state index contributed by atoms with van der Waals surface area (Å²) in [5.41, 5.74) is 0.338. The molecule has 0 aromatic heterocycles. The summed E-state index contributed by atoms with van der Waals surface area (Å²) in [6.07, 6.45) is 3.57. The third-order valence-electron chi connectivity index (χ3n) is 1.70. The molecule has 0 amide bonds. The van der Waals surface area contributed by atoms with Crippen LogP contribution in [0.1, 0.15) is 6.92 Å². The number of hydrogen-bond donors (Lipinski definition) is 2. The third-order valence-corrected chi connectivity index (χ3v) is 1.70. The predicted octanol–water partition coefficient (Wildman–Crippen LogP) is -0.359. The van der Waals surface area contributed by atoms with Crippen molar-refractivity contribution in [2.24, 2.45) is 0 Å². The van der Waals surface area contributed by atoms with Gasteiger partial charge in [-0.15, -0.1) is 0 Å². The molecule has 2 N–H and O–H groups in total. The Balaban J connectivity index is 2.68. The van der Waals surface area contributed by atoms with E-state index in [0.29, 0.717) is 5.70 Å². The Labute approximate surface area is 80.1 Å². The lowest BCUT2D eigenvalue weighted by molar-refractivity contribution is -0.138. The van der Waals surface area contributed by atoms with Crippen molar-refractivity contribution in [3.05, 3.63) is 23.9 Å². The van der Waals surface area contributed by atoms with Crippen LogP contribution in [0.15, 0.2) is 23.9 Å². The first-order chi connectivity index (χ1) is 6.50. The van der Waals surface area contributed by atoms with Gasteiger partial charge in [-0.2, -0.15) is 0 Å². The maximum absolute atomic E-state index is 10.9. The first-order valence-corrected chi connectivity index (χ1v) is 3.98. The number of aliphatic carboxylic acids is 1. The standard InChI is InChI=1S/C9H9NO4/c1-5(9(13)14)10-6-2-3-7(11)8(12)4-6/h2-5,10H,1H3,(H,13,14)/t5-/m0/s1. The van der Waals surface area contributed by atoms with Crippen LogP contribution in [0.25, 0.3) is 0 Å². The second-order valence-corrected chi connectivity index (χ2v) is 2.87. The minimum atomic E-state index is -1.02. The van der Waals surface area contributed by atoms with Crippen molar-refractivity contribution in [1.82, 2.24) is 5.32 Å². The van der Waals surface area contributed by atoms with Crippen LogP contribution in [0.3, 0.4) is 0 Å². The van der Waals surface area contributed by atoms with E-state index in [1.165, 1.54) is 13.0 Å². The quantitative estimate of drug-likeness (QED) is 0.474. The highest BCUT2D eigenvalue weighted by atomic mass is 16.4. The van der Waals surface area contributed by atoms with E-state index in [2.05, 4.69) is 5.32 Å². The lowest BCUT2D eigenvalue weighted by Crippen LogP contribution is -2.33. The smallest absolute Gasteiger partial charge is 0.325 e. The van der Waals surface area contributed by atoms with E-state index in [1.54, 1.807) is 0 Å². The van der Waals surface area contributed by atoms with Crippen LogP contribution in [-0.2, 0) is 14.4 Å². The Morgan fingerprint density at radius 1 is 1.36 bits per heavy atom. The number of carbonyl (C=O) groups excluding carboxylic acids is 2. The molecule has 0 unspecified atom stereocenters. The van der Waals surface area contributed by atoms with Gasteiger partial charge in [0, 0.05) is 11.8 Å². The van der Waals surface area contributed by atoms with Crippen molar-refractivity contribution in [1.29, 1.82) is 0 Å². The van der Waals surface area contributed by atoms with Crippen LogP contribution in [0.4, 0.5) is 0 Å². The van der Waals surface area contributed by atoms with Crippen molar-refractivity contribution in [2.75, 3.05) is 0 Å². The molecular weight excluding hydrogens is 186 g/mol. The van der Waals surface area contributed by atoms with Gasteiger partial charge in [0.15, 0.2) is 0 Å². The van der Waals surface area contributed by atoms with E-state index in [4.69, 9.17) is 5.11 Å². The molecule has 0 heterocycles. The Morgan fingerprint density at radius 3 is 2.50 bits per heavy atom. The van der Waals surface area contributed by atoms with E-state index in [0.717, 1.165) is 12.2 Å². The van der Waals surface area contributed by atoms with Crippen LogP contribution in [0, 0.1) is 0 Å². The van der Waals surface area contributed by atoms with Gasteiger partial charge in [0.2, 0.25) is 11.6 Å². The molecule has 74 valence electrons. The number of nitrogens with one attached hydrogen (secondary N) is 1. The van der Waals surface area contributed by atoms with Gasteiger partial charge in [0.1, 0.15) is 6.04 Å². The molecule has 1 rings (SSSR count). The normalized spacial score (nSPS) is 17.6. The molecule has 0 aromatic carbocycles. The Bertz CT molecular complexity index is 354. The molecule has 1 atom stereocenters. The summed E-state index contributed by atoms with van der Waals surface area (Å²) in [5, 5.41) is 11.1. The monoisotopic (exact) mass is 195 g/mol. The fourth-order valence-electron chi connectivity index (χ4n) is 0.910. The molecule has 0 aromatic rings. The van der Waals surface area contributed by atoms with Gasteiger partial charge in [-0.05, 0) is 19.1 Å². The van der Waals surface area contributed by atoms with Crippen molar-refractivity contribution >= 4 is 17.5 Å². The molecule has 14 heavy (non-hydrogen) atoms. The van der Waals surface area contributed by atoms with Crippen molar-refractivity contribution in [3.63, 3.8) is 0 Å². The maximum atomic E-state index is 10.9. The summed E-state index contributed by atoms with van der Waals surface area (Å²) in [4.78, 5) is 32.1. The zero-order valence-electron chi connectivity index (χ0n) is 7.48. The molecule has 0 spiro atoms. The molecule has 5 heteroatoms. The van der Waals surface area contributed by atoms with E-state index in [1.807, 2.05) is 0 Å². The SMILES string of the molecule is C[C@H](NC1=CC(=O)C(=O)C=C1)C(=O)O. The Morgan fingerprint density at radius 2 is 2.00 bits per heavy atom.